The van der Waals surface area contributed by atoms with Gasteiger partial charge in [-0.15, -0.1) is 13.2 Å². The Bertz CT molecular complexity index is 779. The number of ether oxygens (including phenoxy) is 1. The van der Waals surface area contributed by atoms with E-state index in [4.69, 9.17) is 0 Å². The Morgan fingerprint density at radius 2 is 1.71 bits per heavy atom. The first-order valence-corrected chi connectivity index (χ1v) is 6.25. The third-order valence-electron chi connectivity index (χ3n) is 3.06. The fourth-order valence-electron chi connectivity index (χ4n) is 2.30. The Hall–Kier alpha value is -2.50. The first kappa shape index (κ1) is 13.5. The molecule has 0 atom stereocenters. The molecule has 0 amide bonds. The summed E-state index contributed by atoms with van der Waals surface area (Å²) >= 11 is 0. The molecule has 1 heterocycles. The summed E-state index contributed by atoms with van der Waals surface area (Å²) in [6, 6.07) is 13.8. The molecule has 0 fully saturated rings. The van der Waals surface area contributed by atoms with Gasteiger partial charge in [-0.1, -0.05) is 24.3 Å². The van der Waals surface area contributed by atoms with Crippen molar-refractivity contribution in [3.8, 4) is 11.4 Å². The van der Waals surface area contributed by atoms with E-state index in [1.807, 2.05) is 30.3 Å². The average molecular weight is 292 g/mol. The minimum Gasteiger partial charge on any atom is -0.403 e. The molecule has 21 heavy (non-hydrogen) atoms. The predicted octanol–water partition coefficient (Wildman–Crippen LogP) is 4.23. The average Bonchev–Trinajstić information content (AvgIpc) is 2.75. The minimum atomic E-state index is -4.74. The van der Waals surface area contributed by atoms with Crippen LogP contribution in [-0.2, 0) is 0 Å². The van der Waals surface area contributed by atoms with Crippen LogP contribution in [-0.4, -0.2) is 15.9 Å². The number of hydrogen-bond donors (Lipinski definition) is 0. The quantitative estimate of drug-likeness (QED) is 0.706. The second-order valence-electron chi connectivity index (χ2n) is 4.50. The third kappa shape index (κ3) is 2.56. The number of halogens is 3. The molecule has 3 nitrogen and oxygen atoms in total. The number of fused-ring (bicyclic) bond motifs is 1. The zero-order valence-electron chi connectivity index (χ0n) is 11.1. The second-order valence-corrected chi connectivity index (χ2v) is 4.50. The summed E-state index contributed by atoms with van der Waals surface area (Å²) < 4.78 is 43.2. The van der Waals surface area contributed by atoms with Gasteiger partial charge in [0.25, 0.3) is 0 Å². The van der Waals surface area contributed by atoms with Crippen molar-refractivity contribution in [2.75, 3.05) is 0 Å². The Morgan fingerprint density at radius 3 is 2.38 bits per heavy atom. The highest BCUT2D eigenvalue weighted by atomic mass is 19.4. The van der Waals surface area contributed by atoms with E-state index in [0.29, 0.717) is 11.3 Å². The lowest BCUT2D eigenvalue weighted by atomic mass is 10.2. The number of hydrogen-bond acceptors (Lipinski definition) is 2. The van der Waals surface area contributed by atoms with Crippen molar-refractivity contribution in [1.82, 2.24) is 9.55 Å². The standard InChI is InChI=1S/C15H11F3N2O/c1-10-19-14-12(20(10)11-6-3-2-4-7-11)8-5-9-13(14)21-15(16,17)18/h2-9H,1H3. The van der Waals surface area contributed by atoms with Crippen molar-refractivity contribution in [1.29, 1.82) is 0 Å². The zero-order chi connectivity index (χ0) is 15.0. The van der Waals surface area contributed by atoms with Gasteiger partial charge in [0, 0.05) is 5.69 Å². The minimum absolute atomic E-state index is 0.191. The van der Waals surface area contributed by atoms with Crippen molar-refractivity contribution in [2.45, 2.75) is 13.3 Å². The van der Waals surface area contributed by atoms with Gasteiger partial charge in [0.15, 0.2) is 5.75 Å². The molecule has 0 N–H and O–H groups in total. The van der Waals surface area contributed by atoms with Crippen LogP contribution in [0.2, 0.25) is 0 Å². The number of imidazole rings is 1. The van der Waals surface area contributed by atoms with E-state index in [9.17, 15) is 13.2 Å². The molecule has 0 unspecified atom stereocenters. The van der Waals surface area contributed by atoms with E-state index in [1.165, 1.54) is 12.1 Å². The highest BCUT2D eigenvalue weighted by Gasteiger charge is 2.32. The molecule has 0 saturated carbocycles. The highest BCUT2D eigenvalue weighted by molar-refractivity contribution is 5.84. The molecule has 0 saturated heterocycles. The van der Waals surface area contributed by atoms with Crippen LogP contribution in [0.25, 0.3) is 16.7 Å². The number of para-hydroxylation sites is 2. The van der Waals surface area contributed by atoms with Crippen LogP contribution in [0.15, 0.2) is 48.5 Å². The van der Waals surface area contributed by atoms with Crippen molar-refractivity contribution < 1.29 is 17.9 Å². The lowest BCUT2D eigenvalue weighted by molar-refractivity contribution is -0.274. The summed E-state index contributed by atoms with van der Waals surface area (Å²) in [6.07, 6.45) is -4.74. The molecule has 0 aliphatic heterocycles. The van der Waals surface area contributed by atoms with Gasteiger partial charge in [-0.2, -0.15) is 0 Å². The summed E-state index contributed by atoms with van der Waals surface area (Å²) in [4.78, 5) is 4.21. The summed E-state index contributed by atoms with van der Waals surface area (Å²) in [6.45, 7) is 1.74. The second kappa shape index (κ2) is 4.80. The summed E-state index contributed by atoms with van der Waals surface area (Å²) in [5, 5.41) is 0. The Morgan fingerprint density at radius 1 is 1.00 bits per heavy atom. The lowest BCUT2D eigenvalue weighted by Crippen LogP contribution is -2.17. The molecule has 1 aromatic heterocycles. The SMILES string of the molecule is Cc1nc2c(OC(F)(F)F)cccc2n1-c1ccccc1. The molecule has 0 radical (unpaired) electrons. The zero-order valence-corrected chi connectivity index (χ0v) is 11.1. The number of alkyl halides is 3. The fourth-order valence-corrected chi connectivity index (χ4v) is 2.30. The molecule has 0 aliphatic carbocycles. The van der Waals surface area contributed by atoms with Gasteiger partial charge in [-0.05, 0) is 31.2 Å². The smallest absolute Gasteiger partial charge is 0.403 e. The van der Waals surface area contributed by atoms with Gasteiger partial charge < -0.3 is 4.74 Å². The Kier molecular flexibility index (Phi) is 3.08. The molecule has 3 aromatic rings. The molecule has 6 heteroatoms. The van der Waals surface area contributed by atoms with Gasteiger partial charge in [-0.25, -0.2) is 4.98 Å². The van der Waals surface area contributed by atoms with Crippen LogP contribution in [0.4, 0.5) is 13.2 Å². The maximum absolute atomic E-state index is 12.4. The van der Waals surface area contributed by atoms with Crippen LogP contribution in [0.1, 0.15) is 5.82 Å². The number of aromatic nitrogens is 2. The van der Waals surface area contributed by atoms with Crippen LogP contribution >= 0.6 is 0 Å². The Balaban J connectivity index is 2.21. The van der Waals surface area contributed by atoms with Crippen molar-refractivity contribution in [3.05, 3.63) is 54.4 Å². The summed E-state index contributed by atoms with van der Waals surface area (Å²) in [5.41, 5.74) is 1.60. The number of aryl methyl sites for hydroxylation is 1. The monoisotopic (exact) mass is 292 g/mol. The highest BCUT2D eigenvalue weighted by Crippen LogP contribution is 2.31. The van der Waals surface area contributed by atoms with Crippen molar-refractivity contribution in [2.24, 2.45) is 0 Å². The van der Waals surface area contributed by atoms with Crippen LogP contribution in [0.3, 0.4) is 0 Å². The number of rotatable bonds is 2. The largest absolute Gasteiger partial charge is 0.573 e. The van der Waals surface area contributed by atoms with Gasteiger partial charge in [0.2, 0.25) is 0 Å². The van der Waals surface area contributed by atoms with E-state index < -0.39 is 6.36 Å². The number of nitrogens with zero attached hydrogens (tertiary/aromatic N) is 2. The third-order valence-corrected chi connectivity index (χ3v) is 3.06. The van der Waals surface area contributed by atoms with Crippen molar-refractivity contribution >= 4 is 11.0 Å². The maximum Gasteiger partial charge on any atom is 0.573 e. The van der Waals surface area contributed by atoms with Crippen LogP contribution in [0, 0.1) is 6.92 Å². The number of benzene rings is 2. The predicted molar refractivity (Wildman–Crippen MR) is 72.5 cm³/mol. The van der Waals surface area contributed by atoms with Gasteiger partial charge in [-0.3, -0.25) is 4.57 Å². The van der Waals surface area contributed by atoms with E-state index >= 15 is 0 Å². The topological polar surface area (TPSA) is 27.1 Å². The van der Waals surface area contributed by atoms with E-state index in [0.717, 1.165) is 5.69 Å². The van der Waals surface area contributed by atoms with E-state index in [1.54, 1.807) is 17.6 Å². The van der Waals surface area contributed by atoms with Gasteiger partial charge >= 0.3 is 6.36 Å². The van der Waals surface area contributed by atoms with Crippen molar-refractivity contribution in [3.63, 3.8) is 0 Å². The molecule has 0 spiro atoms. The normalized spacial score (nSPS) is 11.8. The summed E-state index contributed by atoms with van der Waals surface area (Å²) in [5.74, 6) is 0.298. The van der Waals surface area contributed by atoms with Crippen LogP contribution in [0.5, 0.6) is 5.75 Å². The van der Waals surface area contributed by atoms with E-state index in [-0.39, 0.29) is 11.3 Å². The molecule has 0 aliphatic rings. The lowest BCUT2D eigenvalue weighted by Gasteiger charge is -2.10. The van der Waals surface area contributed by atoms with E-state index in [2.05, 4.69) is 9.72 Å². The molecule has 108 valence electrons. The molecular weight excluding hydrogens is 281 g/mol. The maximum atomic E-state index is 12.4. The molecule has 2 aromatic carbocycles. The molecule has 0 bridgehead atoms. The van der Waals surface area contributed by atoms with Crippen LogP contribution < -0.4 is 4.74 Å². The first-order chi connectivity index (χ1) is 9.96. The molecular formula is C15H11F3N2O. The summed E-state index contributed by atoms with van der Waals surface area (Å²) in [7, 11) is 0. The molecule has 3 rings (SSSR count). The van der Waals surface area contributed by atoms with Gasteiger partial charge in [0.05, 0.1) is 5.52 Å². The first-order valence-electron chi connectivity index (χ1n) is 6.25. The van der Waals surface area contributed by atoms with Gasteiger partial charge in [0.1, 0.15) is 11.3 Å². The fraction of sp³-hybridized carbons (Fsp3) is 0.133. The Labute approximate surface area is 118 Å².